The smallest absolute Gasteiger partial charge is 0.155 e. The van der Waals surface area contributed by atoms with E-state index in [9.17, 15) is 0 Å². The van der Waals surface area contributed by atoms with Crippen molar-refractivity contribution in [1.29, 1.82) is 0 Å². The zero-order valence-corrected chi connectivity index (χ0v) is 7.75. The Bertz CT molecular complexity index is 534. The van der Waals surface area contributed by atoms with Crippen LogP contribution in [-0.4, -0.2) is 24.8 Å². The average Bonchev–Trinajstić information content (AvgIpc) is 2.86. The van der Waals surface area contributed by atoms with E-state index in [1.165, 1.54) is 0 Å². The predicted molar refractivity (Wildman–Crippen MR) is 54.9 cm³/mol. The highest BCUT2D eigenvalue weighted by Crippen LogP contribution is 2.12. The number of hydrogen-bond donors (Lipinski definition) is 2. The lowest BCUT2D eigenvalue weighted by Crippen LogP contribution is -1.89. The van der Waals surface area contributed by atoms with E-state index in [4.69, 9.17) is 0 Å². The van der Waals surface area contributed by atoms with E-state index in [1.807, 2.05) is 24.4 Å². The molecular weight excluding hydrogens is 192 g/mol. The van der Waals surface area contributed by atoms with Gasteiger partial charge in [-0.05, 0) is 12.1 Å². The largest absolute Gasteiger partial charge is 0.322 e. The molecular formula is C9H8N6. The lowest BCUT2D eigenvalue weighted by molar-refractivity contribution is 0.936. The molecule has 0 aliphatic carbocycles. The summed E-state index contributed by atoms with van der Waals surface area (Å²) in [6, 6.07) is 5.57. The van der Waals surface area contributed by atoms with Gasteiger partial charge in [0.1, 0.15) is 0 Å². The van der Waals surface area contributed by atoms with Crippen molar-refractivity contribution in [3.8, 4) is 0 Å². The molecule has 3 aromatic heterocycles. The third kappa shape index (κ3) is 1.41. The Kier molecular flexibility index (Phi) is 1.64. The maximum atomic E-state index is 4.32. The molecule has 0 fully saturated rings. The zero-order chi connectivity index (χ0) is 10.1. The molecule has 0 unspecified atom stereocenters. The third-order valence-electron chi connectivity index (χ3n) is 1.99. The first-order valence-electron chi connectivity index (χ1n) is 4.49. The molecule has 0 saturated carbocycles. The fourth-order valence-electron chi connectivity index (χ4n) is 1.35. The maximum absolute atomic E-state index is 4.32. The first-order chi connectivity index (χ1) is 7.42. The normalized spacial score (nSPS) is 10.7. The summed E-state index contributed by atoms with van der Waals surface area (Å²) >= 11 is 0. The van der Waals surface area contributed by atoms with Crippen molar-refractivity contribution >= 4 is 17.3 Å². The van der Waals surface area contributed by atoms with E-state index in [1.54, 1.807) is 16.9 Å². The van der Waals surface area contributed by atoms with Crippen LogP contribution < -0.4 is 5.32 Å². The van der Waals surface area contributed by atoms with Crippen LogP contribution in [0.5, 0.6) is 0 Å². The van der Waals surface area contributed by atoms with Gasteiger partial charge in [-0.25, -0.2) is 9.50 Å². The van der Waals surface area contributed by atoms with Gasteiger partial charge in [0.05, 0.1) is 6.20 Å². The fraction of sp³-hybridized carbons (Fsp3) is 0. The molecule has 0 radical (unpaired) electrons. The molecule has 15 heavy (non-hydrogen) atoms. The Morgan fingerprint density at radius 3 is 3.07 bits per heavy atom. The molecule has 0 atom stereocenters. The van der Waals surface area contributed by atoms with Crippen LogP contribution in [0.4, 0.5) is 11.6 Å². The van der Waals surface area contributed by atoms with Gasteiger partial charge in [-0.2, -0.15) is 10.2 Å². The minimum Gasteiger partial charge on any atom is -0.322 e. The fourth-order valence-corrected chi connectivity index (χ4v) is 1.35. The van der Waals surface area contributed by atoms with Gasteiger partial charge >= 0.3 is 0 Å². The summed E-state index contributed by atoms with van der Waals surface area (Å²) < 4.78 is 1.70. The van der Waals surface area contributed by atoms with Crippen molar-refractivity contribution in [2.75, 3.05) is 5.32 Å². The summed E-state index contributed by atoms with van der Waals surface area (Å²) in [5.41, 5.74) is 0.801. The van der Waals surface area contributed by atoms with Gasteiger partial charge in [0, 0.05) is 18.5 Å². The molecule has 3 heterocycles. The van der Waals surface area contributed by atoms with E-state index in [-0.39, 0.29) is 0 Å². The van der Waals surface area contributed by atoms with Gasteiger partial charge in [0.2, 0.25) is 0 Å². The number of aromatic amines is 1. The van der Waals surface area contributed by atoms with Crippen LogP contribution in [-0.2, 0) is 0 Å². The number of anilines is 2. The van der Waals surface area contributed by atoms with Crippen LogP contribution in [0.25, 0.3) is 5.65 Å². The Balaban J connectivity index is 1.98. The lowest BCUT2D eigenvalue weighted by atomic mass is 10.6. The molecule has 6 heteroatoms. The standard InChI is InChI=1S/C9H8N6/c1-2-9-13-8(6-15(9)11-4-1)12-7-3-5-10-14-7/h1-6H,(H2,10,12,14). The monoisotopic (exact) mass is 200 g/mol. The van der Waals surface area contributed by atoms with E-state index in [0.29, 0.717) is 0 Å². The van der Waals surface area contributed by atoms with E-state index in [2.05, 4.69) is 25.6 Å². The molecule has 0 aliphatic rings. The molecule has 3 aromatic rings. The van der Waals surface area contributed by atoms with Gasteiger partial charge in [-0.1, -0.05) is 0 Å². The Labute approximate surface area is 85.0 Å². The molecule has 6 nitrogen and oxygen atoms in total. The number of rotatable bonds is 2. The third-order valence-corrected chi connectivity index (χ3v) is 1.99. The number of H-pyrrole nitrogens is 1. The van der Waals surface area contributed by atoms with Crippen LogP contribution in [0.1, 0.15) is 0 Å². The first kappa shape index (κ1) is 7.98. The second-order valence-electron chi connectivity index (χ2n) is 3.04. The second kappa shape index (κ2) is 3.09. The highest BCUT2D eigenvalue weighted by atomic mass is 15.3. The minimum atomic E-state index is 0.723. The van der Waals surface area contributed by atoms with Crippen molar-refractivity contribution in [3.05, 3.63) is 36.8 Å². The zero-order valence-electron chi connectivity index (χ0n) is 7.75. The van der Waals surface area contributed by atoms with Crippen molar-refractivity contribution in [2.24, 2.45) is 0 Å². The highest BCUT2D eigenvalue weighted by Gasteiger charge is 2.02. The number of imidazole rings is 1. The quantitative estimate of drug-likeness (QED) is 0.652. The molecule has 0 spiro atoms. The maximum Gasteiger partial charge on any atom is 0.155 e. The van der Waals surface area contributed by atoms with Gasteiger partial charge in [-0.15, -0.1) is 0 Å². The summed E-state index contributed by atoms with van der Waals surface area (Å²) in [4.78, 5) is 4.32. The lowest BCUT2D eigenvalue weighted by Gasteiger charge is -1.93. The van der Waals surface area contributed by atoms with Crippen LogP contribution >= 0.6 is 0 Å². The predicted octanol–water partition coefficient (Wildman–Crippen LogP) is 1.20. The van der Waals surface area contributed by atoms with Gasteiger partial charge in [-0.3, -0.25) is 5.10 Å². The Morgan fingerprint density at radius 2 is 2.27 bits per heavy atom. The second-order valence-corrected chi connectivity index (χ2v) is 3.04. The van der Waals surface area contributed by atoms with Crippen molar-refractivity contribution in [2.45, 2.75) is 0 Å². The molecule has 74 valence electrons. The number of hydrogen-bond acceptors (Lipinski definition) is 4. The number of fused-ring (bicyclic) bond motifs is 1. The molecule has 0 aromatic carbocycles. The number of nitrogens with one attached hydrogen (secondary N) is 2. The van der Waals surface area contributed by atoms with E-state index >= 15 is 0 Å². The number of nitrogens with zero attached hydrogens (tertiary/aromatic N) is 4. The van der Waals surface area contributed by atoms with Crippen LogP contribution in [0.2, 0.25) is 0 Å². The van der Waals surface area contributed by atoms with Crippen molar-refractivity contribution in [3.63, 3.8) is 0 Å². The minimum absolute atomic E-state index is 0.723. The van der Waals surface area contributed by atoms with Crippen molar-refractivity contribution in [1.82, 2.24) is 24.8 Å². The summed E-state index contributed by atoms with van der Waals surface area (Å²) in [6.07, 6.45) is 5.27. The van der Waals surface area contributed by atoms with Crippen LogP contribution in [0.3, 0.4) is 0 Å². The highest BCUT2D eigenvalue weighted by molar-refractivity contribution is 5.55. The first-order valence-corrected chi connectivity index (χ1v) is 4.49. The van der Waals surface area contributed by atoms with Gasteiger partial charge in [0.15, 0.2) is 17.3 Å². The van der Waals surface area contributed by atoms with Gasteiger partial charge in [0.25, 0.3) is 0 Å². The van der Waals surface area contributed by atoms with Crippen LogP contribution in [0.15, 0.2) is 36.8 Å². The topological polar surface area (TPSA) is 70.9 Å². The molecule has 0 amide bonds. The molecule has 0 saturated heterocycles. The molecule has 2 N–H and O–H groups in total. The summed E-state index contributed by atoms with van der Waals surface area (Å²) in [7, 11) is 0. The molecule has 0 bridgehead atoms. The Hall–Kier alpha value is -2.37. The molecule has 3 rings (SSSR count). The van der Waals surface area contributed by atoms with Gasteiger partial charge < -0.3 is 5.32 Å². The number of aromatic nitrogens is 5. The van der Waals surface area contributed by atoms with E-state index in [0.717, 1.165) is 17.3 Å². The van der Waals surface area contributed by atoms with Crippen LogP contribution in [0, 0.1) is 0 Å². The van der Waals surface area contributed by atoms with Crippen molar-refractivity contribution < 1.29 is 0 Å². The summed E-state index contributed by atoms with van der Waals surface area (Å²) in [5, 5.41) is 13.9. The average molecular weight is 200 g/mol. The molecule has 0 aliphatic heterocycles. The summed E-state index contributed by atoms with van der Waals surface area (Å²) in [5.74, 6) is 1.46. The Morgan fingerprint density at radius 1 is 1.27 bits per heavy atom. The van der Waals surface area contributed by atoms with E-state index < -0.39 is 0 Å². The SMILES string of the molecule is c1cnn2cc(Nc3cc[nH]n3)nc2c1. The summed E-state index contributed by atoms with van der Waals surface area (Å²) in [6.45, 7) is 0.